The summed E-state index contributed by atoms with van der Waals surface area (Å²) in [5.74, 6) is 38.6. The van der Waals surface area contributed by atoms with Crippen molar-refractivity contribution in [2.45, 2.75) is 135 Å². The van der Waals surface area contributed by atoms with E-state index in [1.807, 2.05) is 0 Å². The van der Waals surface area contributed by atoms with Gasteiger partial charge in [-0.2, -0.15) is 0 Å². The van der Waals surface area contributed by atoms with Gasteiger partial charge in [-0.3, -0.25) is 0 Å². The molecule has 17 saturated carbocycles. The predicted molar refractivity (Wildman–Crippen MR) is 209 cm³/mol. The van der Waals surface area contributed by atoms with Gasteiger partial charge in [-0.15, -0.1) is 0 Å². The normalized spacial score (nSPS) is 74.7. The molecule has 17 fully saturated rings. The first-order chi connectivity index (χ1) is 26.3. The van der Waals surface area contributed by atoms with Crippen LogP contribution in [0.25, 0.3) is 0 Å². The molecule has 32 unspecified atom stereocenters. The molecule has 32 atom stereocenters. The molecule has 0 aliphatic heterocycles. The van der Waals surface area contributed by atoms with Gasteiger partial charge in [0.05, 0.1) is 0 Å². The number of rotatable bonds is 0. The third kappa shape index (κ3) is 3.12. The fraction of sp³-hybridized carbons (Fsp3) is 1.00. The van der Waals surface area contributed by atoms with E-state index in [1.165, 1.54) is 189 Å². The van der Waals surface area contributed by atoms with Crippen LogP contribution in [0.5, 0.6) is 0 Å². The van der Waals surface area contributed by atoms with Crippen LogP contribution in [0.2, 0.25) is 0 Å². The summed E-state index contributed by atoms with van der Waals surface area (Å²) in [5, 5.41) is 0. The molecular formula is C53H74. The van der Waals surface area contributed by atoms with E-state index in [4.69, 9.17) is 0 Å². The van der Waals surface area contributed by atoms with Crippen molar-refractivity contribution in [3.05, 3.63) is 0 Å². The number of fused-ring (bicyclic) bond motifs is 7. The molecule has 0 saturated heterocycles. The molecule has 0 N–H and O–H groups in total. The van der Waals surface area contributed by atoms with Crippen LogP contribution >= 0.6 is 0 Å². The highest BCUT2D eigenvalue weighted by Gasteiger charge is 2.82. The SMILES string of the molecule is C1CCC2C(C1)C1CCC3CC4CCC5C6CCCC7C8CCC9CCCC%10C%11CCC%12C%13CCC2C2C1C3C1C4C5C3C(C76)C(C8C9%10)C%11C%12C3C1C%132. The molecule has 0 bridgehead atoms. The molecule has 17 aliphatic rings. The molecule has 0 aromatic carbocycles. The van der Waals surface area contributed by atoms with Gasteiger partial charge >= 0.3 is 0 Å². The summed E-state index contributed by atoms with van der Waals surface area (Å²) >= 11 is 0. The maximum Gasteiger partial charge on any atom is -0.0312 e. The Labute approximate surface area is 323 Å². The van der Waals surface area contributed by atoms with Gasteiger partial charge in [-0.25, -0.2) is 0 Å². The molecule has 0 spiro atoms. The van der Waals surface area contributed by atoms with Crippen LogP contribution in [0.15, 0.2) is 0 Å². The molecule has 17 aliphatic carbocycles. The van der Waals surface area contributed by atoms with Crippen molar-refractivity contribution >= 4 is 0 Å². The summed E-state index contributed by atoms with van der Waals surface area (Å²) < 4.78 is 0. The van der Waals surface area contributed by atoms with Crippen LogP contribution in [-0.4, -0.2) is 0 Å². The van der Waals surface area contributed by atoms with Gasteiger partial charge in [0.15, 0.2) is 0 Å². The quantitative estimate of drug-likeness (QED) is 0.235. The van der Waals surface area contributed by atoms with Crippen LogP contribution in [0.1, 0.15) is 135 Å². The molecular weight excluding hydrogens is 637 g/mol. The molecule has 0 radical (unpaired) electrons. The molecule has 53 heavy (non-hydrogen) atoms. The van der Waals surface area contributed by atoms with Crippen molar-refractivity contribution in [1.29, 1.82) is 0 Å². The Morgan fingerprint density at radius 2 is 0.453 bits per heavy atom. The second-order valence-corrected chi connectivity index (χ2v) is 26.3. The van der Waals surface area contributed by atoms with Gasteiger partial charge in [0.2, 0.25) is 0 Å². The van der Waals surface area contributed by atoms with Crippen LogP contribution in [0, 0.1) is 189 Å². The zero-order valence-electron chi connectivity index (χ0n) is 33.3. The zero-order valence-corrected chi connectivity index (χ0v) is 33.3. The van der Waals surface area contributed by atoms with Gasteiger partial charge in [-0.05, 0) is 292 Å². The topological polar surface area (TPSA) is 0 Å². The van der Waals surface area contributed by atoms with Crippen molar-refractivity contribution < 1.29 is 0 Å². The minimum Gasteiger partial charge on any atom is -0.0530 e. The van der Waals surface area contributed by atoms with E-state index < -0.39 is 0 Å². The third-order valence-electron chi connectivity index (χ3n) is 27.3. The van der Waals surface area contributed by atoms with Crippen LogP contribution < -0.4 is 0 Å². The van der Waals surface area contributed by atoms with Crippen molar-refractivity contribution in [3.63, 3.8) is 0 Å². The fourth-order valence-electron chi connectivity index (χ4n) is 28.2. The van der Waals surface area contributed by atoms with E-state index in [0.717, 1.165) is 0 Å². The van der Waals surface area contributed by atoms with Gasteiger partial charge in [0.1, 0.15) is 0 Å². The zero-order chi connectivity index (χ0) is 33.3. The average molecular weight is 711 g/mol. The highest BCUT2D eigenvalue weighted by molar-refractivity contribution is 5.29. The summed E-state index contributed by atoms with van der Waals surface area (Å²) in [7, 11) is 0. The molecule has 0 heteroatoms. The second-order valence-electron chi connectivity index (χ2n) is 26.3. The first-order valence-corrected chi connectivity index (χ1v) is 26.3. The molecule has 286 valence electrons. The van der Waals surface area contributed by atoms with Crippen molar-refractivity contribution in [1.82, 2.24) is 0 Å². The van der Waals surface area contributed by atoms with Gasteiger partial charge in [0.25, 0.3) is 0 Å². The lowest BCUT2D eigenvalue weighted by atomic mass is 9.20. The Hall–Kier alpha value is 0. The lowest BCUT2D eigenvalue weighted by molar-refractivity contribution is -0.373. The van der Waals surface area contributed by atoms with Crippen molar-refractivity contribution in [2.24, 2.45) is 189 Å². The van der Waals surface area contributed by atoms with Gasteiger partial charge in [-0.1, -0.05) is 32.1 Å². The van der Waals surface area contributed by atoms with Crippen LogP contribution in [0.4, 0.5) is 0 Å². The summed E-state index contributed by atoms with van der Waals surface area (Å²) in [5.41, 5.74) is 0. The molecule has 0 heterocycles. The van der Waals surface area contributed by atoms with Crippen molar-refractivity contribution in [2.75, 3.05) is 0 Å². The molecule has 17 rings (SSSR count). The summed E-state index contributed by atoms with van der Waals surface area (Å²) in [6, 6.07) is 0. The maximum atomic E-state index is 1.75. The smallest absolute Gasteiger partial charge is 0.0312 e. The average Bonchev–Trinajstić information content (AvgIpc) is 3.22. The number of hydrogen-bond acceptors (Lipinski definition) is 0. The van der Waals surface area contributed by atoms with E-state index in [1.54, 1.807) is 135 Å². The largest absolute Gasteiger partial charge is 0.0530 e. The standard InChI is InChI=1S/C53H74/c1-2-7-26-25(6-1)30-15-12-23-21-24-13-16-33-29-10-4-9-28-32-14-11-22-5-3-8-27-34-19-20-36-35-18-17-31(26)44-42(30)38(23)48-39(24)43(33)51-49(40(28)29)50(41(32)37(22)27)46(34)47(36)53(51)52(48)45(35)44/h22-53H,1-21H2. The lowest BCUT2D eigenvalue weighted by Gasteiger charge is -2.84. The van der Waals surface area contributed by atoms with E-state index in [0.29, 0.717) is 0 Å². The van der Waals surface area contributed by atoms with Crippen molar-refractivity contribution in [3.8, 4) is 0 Å². The fourth-order valence-corrected chi connectivity index (χ4v) is 28.2. The molecule has 0 amide bonds. The maximum absolute atomic E-state index is 1.75. The first-order valence-electron chi connectivity index (χ1n) is 26.3. The third-order valence-corrected chi connectivity index (χ3v) is 27.3. The Morgan fingerprint density at radius 1 is 0.151 bits per heavy atom. The van der Waals surface area contributed by atoms with E-state index in [2.05, 4.69) is 0 Å². The van der Waals surface area contributed by atoms with Crippen LogP contribution in [0.3, 0.4) is 0 Å². The monoisotopic (exact) mass is 711 g/mol. The van der Waals surface area contributed by atoms with Gasteiger partial charge in [0, 0.05) is 0 Å². The van der Waals surface area contributed by atoms with E-state index in [9.17, 15) is 0 Å². The Balaban J connectivity index is 0.923. The molecule has 0 nitrogen and oxygen atoms in total. The first kappa shape index (κ1) is 30.1. The second kappa shape index (κ2) is 9.88. The summed E-state index contributed by atoms with van der Waals surface area (Å²) in [4.78, 5) is 0. The summed E-state index contributed by atoms with van der Waals surface area (Å²) in [6.45, 7) is 0. The highest BCUT2D eigenvalue weighted by atomic mass is 14.9. The Kier molecular flexibility index (Phi) is 5.61. The van der Waals surface area contributed by atoms with Gasteiger partial charge < -0.3 is 0 Å². The molecule has 0 aromatic heterocycles. The Morgan fingerprint density at radius 3 is 1.02 bits per heavy atom. The van der Waals surface area contributed by atoms with E-state index in [-0.39, 0.29) is 0 Å². The highest BCUT2D eigenvalue weighted by Crippen LogP contribution is 2.86. The molecule has 0 aromatic rings. The Bertz CT molecular complexity index is 1610. The minimum absolute atomic E-state index is 1.17. The van der Waals surface area contributed by atoms with Crippen LogP contribution in [-0.2, 0) is 0 Å². The lowest BCUT2D eigenvalue weighted by Crippen LogP contribution is -2.80. The minimum atomic E-state index is 1.17. The number of hydrogen-bond donors (Lipinski definition) is 0. The van der Waals surface area contributed by atoms with E-state index >= 15 is 0 Å². The predicted octanol–water partition coefficient (Wildman–Crippen LogP) is 12.1. The summed E-state index contributed by atoms with van der Waals surface area (Å²) in [6.07, 6.45) is 35.5.